The van der Waals surface area contributed by atoms with Crippen molar-refractivity contribution < 1.29 is 9.59 Å². The highest BCUT2D eigenvalue weighted by atomic mass is 16.2. The topological polar surface area (TPSA) is 70.2 Å². The van der Waals surface area contributed by atoms with Gasteiger partial charge < -0.3 is 16.0 Å². The molecule has 2 amide bonds. The summed E-state index contributed by atoms with van der Waals surface area (Å²) in [7, 11) is 0. The van der Waals surface area contributed by atoms with Gasteiger partial charge in [-0.3, -0.25) is 9.59 Å². The Morgan fingerprint density at radius 3 is 2.65 bits per heavy atom. The molecule has 0 aromatic heterocycles. The molecule has 1 unspecified atom stereocenters. The van der Waals surface area contributed by atoms with Crippen LogP contribution in [-0.2, 0) is 4.79 Å². The largest absolute Gasteiger partial charge is 0.326 e. The molecule has 1 atom stereocenters. The zero-order chi connectivity index (χ0) is 18.4. The highest BCUT2D eigenvalue weighted by Gasteiger charge is 2.16. The molecule has 1 saturated heterocycles. The predicted molar refractivity (Wildman–Crippen MR) is 104 cm³/mol. The average Bonchev–Trinajstić information content (AvgIpc) is 3.17. The van der Waals surface area contributed by atoms with Gasteiger partial charge >= 0.3 is 0 Å². The van der Waals surface area contributed by atoms with Crippen LogP contribution in [0.4, 0.5) is 11.4 Å². The Morgan fingerprint density at radius 1 is 1.12 bits per heavy atom. The van der Waals surface area contributed by atoms with E-state index in [-0.39, 0.29) is 11.8 Å². The van der Waals surface area contributed by atoms with Gasteiger partial charge in [-0.05, 0) is 68.6 Å². The molecule has 2 aromatic rings. The van der Waals surface area contributed by atoms with Crippen LogP contribution in [0.1, 0.15) is 35.2 Å². The quantitative estimate of drug-likeness (QED) is 0.745. The van der Waals surface area contributed by atoms with Gasteiger partial charge in [-0.25, -0.2) is 0 Å². The second-order valence-electron chi connectivity index (χ2n) is 6.80. The van der Waals surface area contributed by atoms with Crippen molar-refractivity contribution in [2.75, 3.05) is 23.7 Å². The van der Waals surface area contributed by atoms with E-state index in [1.165, 1.54) is 0 Å². The van der Waals surface area contributed by atoms with E-state index in [0.717, 1.165) is 37.2 Å². The van der Waals surface area contributed by atoms with Crippen molar-refractivity contribution >= 4 is 23.2 Å². The summed E-state index contributed by atoms with van der Waals surface area (Å²) in [6.07, 6.45) is 2.57. The molecule has 26 heavy (non-hydrogen) atoms. The van der Waals surface area contributed by atoms with E-state index >= 15 is 0 Å². The normalized spacial score (nSPS) is 16.3. The van der Waals surface area contributed by atoms with Crippen LogP contribution in [0.3, 0.4) is 0 Å². The SMILES string of the molecule is Cc1ccc(NC(=O)c2ccccc2)cc1NC(=O)CCC1CCNC1. The maximum Gasteiger partial charge on any atom is 0.255 e. The Balaban J connectivity index is 1.59. The molecule has 2 aromatic carbocycles. The lowest BCUT2D eigenvalue weighted by molar-refractivity contribution is -0.116. The lowest BCUT2D eigenvalue weighted by Gasteiger charge is -2.13. The number of amides is 2. The molecule has 0 radical (unpaired) electrons. The maximum absolute atomic E-state index is 12.3. The fourth-order valence-corrected chi connectivity index (χ4v) is 3.14. The first-order valence-electron chi connectivity index (χ1n) is 9.09. The highest BCUT2D eigenvalue weighted by molar-refractivity contribution is 6.04. The van der Waals surface area contributed by atoms with Crippen molar-refractivity contribution in [2.24, 2.45) is 5.92 Å². The standard InChI is InChI=1S/C21H25N3O2/c1-15-7-9-18(23-21(26)17-5-3-2-4-6-17)13-19(15)24-20(25)10-8-16-11-12-22-14-16/h2-7,9,13,16,22H,8,10-12,14H2,1H3,(H,23,26)(H,24,25). The van der Waals surface area contributed by atoms with Crippen LogP contribution in [0.15, 0.2) is 48.5 Å². The van der Waals surface area contributed by atoms with Crippen molar-refractivity contribution in [3.05, 3.63) is 59.7 Å². The molecule has 0 saturated carbocycles. The fourth-order valence-electron chi connectivity index (χ4n) is 3.14. The van der Waals surface area contributed by atoms with Gasteiger partial charge in [-0.15, -0.1) is 0 Å². The molecule has 5 nitrogen and oxygen atoms in total. The molecule has 0 aliphatic carbocycles. The minimum absolute atomic E-state index is 0.0199. The van der Waals surface area contributed by atoms with E-state index < -0.39 is 0 Å². The highest BCUT2D eigenvalue weighted by Crippen LogP contribution is 2.22. The van der Waals surface area contributed by atoms with Crippen LogP contribution in [-0.4, -0.2) is 24.9 Å². The lowest BCUT2D eigenvalue weighted by atomic mass is 10.0. The van der Waals surface area contributed by atoms with Gasteiger partial charge in [0, 0.05) is 23.4 Å². The second kappa shape index (κ2) is 8.63. The minimum atomic E-state index is -0.166. The van der Waals surface area contributed by atoms with Crippen molar-refractivity contribution in [1.29, 1.82) is 0 Å². The zero-order valence-electron chi connectivity index (χ0n) is 15.0. The minimum Gasteiger partial charge on any atom is -0.326 e. The van der Waals surface area contributed by atoms with Gasteiger partial charge in [0.15, 0.2) is 0 Å². The Hall–Kier alpha value is -2.66. The van der Waals surface area contributed by atoms with Crippen molar-refractivity contribution in [3.63, 3.8) is 0 Å². The van der Waals surface area contributed by atoms with Crippen LogP contribution in [0, 0.1) is 12.8 Å². The van der Waals surface area contributed by atoms with E-state index in [2.05, 4.69) is 16.0 Å². The van der Waals surface area contributed by atoms with Gasteiger partial charge in [0.2, 0.25) is 5.91 Å². The number of benzene rings is 2. The third-order valence-corrected chi connectivity index (χ3v) is 4.75. The Morgan fingerprint density at radius 2 is 1.92 bits per heavy atom. The van der Waals surface area contributed by atoms with Gasteiger partial charge in [-0.1, -0.05) is 24.3 Å². The van der Waals surface area contributed by atoms with Gasteiger partial charge in [0.05, 0.1) is 0 Å². The third-order valence-electron chi connectivity index (χ3n) is 4.75. The summed E-state index contributed by atoms with van der Waals surface area (Å²) >= 11 is 0. The molecule has 1 aliphatic heterocycles. The first-order chi connectivity index (χ1) is 12.6. The smallest absolute Gasteiger partial charge is 0.255 e. The summed E-state index contributed by atoms with van der Waals surface area (Å²) in [6, 6.07) is 14.6. The molecule has 0 bridgehead atoms. The third kappa shape index (κ3) is 4.92. The maximum atomic E-state index is 12.3. The van der Waals surface area contributed by atoms with E-state index in [0.29, 0.717) is 23.6 Å². The fraction of sp³-hybridized carbons (Fsp3) is 0.333. The van der Waals surface area contributed by atoms with Gasteiger partial charge in [0.1, 0.15) is 0 Å². The van der Waals surface area contributed by atoms with Gasteiger partial charge in [0.25, 0.3) is 5.91 Å². The zero-order valence-corrected chi connectivity index (χ0v) is 15.0. The number of carbonyl (C=O) groups excluding carboxylic acids is 2. The number of rotatable bonds is 6. The number of hydrogen-bond donors (Lipinski definition) is 3. The average molecular weight is 351 g/mol. The summed E-state index contributed by atoms with van der Waals surface area (Å²) < 4.78 is 0. The van der Waals surface area contributed by atoms with Crippen LogP contribution >= 0.6 is 0 Å². The first-order valence-corrected chi connectivity index (χ1v) is 9.09. The Labute approximate surface area is 154 Å². The molecule has 136 valence electrons. The van der Waals surface area contributed by atoms with Crippen molar-refractivity contribution in [2.45, 2.75) is 26.2 Å². The molecule has 1 heterocycles. The van der Waals surface area contributed by atoms with E-state index in [1.54, 1.807) is 12.1 Å². The molecular formula is C21H25N3O2. The van der Waals surface area contributed by atoms with Crippen LogP contribution in [0.2, 0.25) is 0 Å². The van der Waals surface area contributed by atoms with E-state index in [4.69, 9.17) is 0 Å². The molecule has 1 aliphatic rings. The van der Waals surface area contributed by atoms with Crippen molar-refractivity contribution in [1.82, 2.24) is 5.32 Å². The van der Waals surface area contributed by atoms with E-state index in [9.17, 15) is 9.59 Å². The summed E-state index contributed by atoms with van der Waals surface area (Å²) in [4.78, 5) is 24.5. The predicted octanol–water partition coefficient (Wildman–Crippen LogP) is 3.58. The second-order valence-corrected chi connectivity index (χ2v) is 6.80. The lowest BCUT2D eigenvalue weighted by Crippen LogP contribution is -2.16. The molecule has 0 spiro atoms. The number of nitrogens with one attached hydrogen (secondary N) is 3. The first kappa shape index (κ1) is 18.1. The monoisotopic (exact) mass is 351 g/mol. The Kier molecular flexibility index (Phi) is 6.02. The summed E-state index contributed by atoms with van der Waals surface area (Å²) in [5.41, 5.74) is 2.98. The molecule has 1 fully saturated rings. The molecule has 5 heteroatoms. The summed E-state index contributed by atoms with van der Waals surface area (Å²) in [5.74, 6) is 0.449. The van der Waals surface area contributed by atoms with Crippen LogP contribution in [0.5, 0.6) is 0 Å². The molecular weight excluding hydrogens is 326 g/mol. The number of anilines is 2. The molecule has 3 N–H and O–H groups in total. The number of hydrogen-bond acceptors (Lipinski definition) is 3. The van der Waals surface area contributed by atoms with Crippen molar-refractivity contribution in [3.8, 4) is 0 Å². The summed E-state index contributed by atoms with van der Waals surface area (Å²) in [5, 5.41) is 9.18. The number of aryl methyl sites for hydroxylation is 1. The van der Waals surface area contributed by atoms with Crippen LogP contribution in [0.25, 0.3) is 0 Å². The number of carbonyl (C=O) groups is 2. The molecule has 3 rings (SSSR count). The summed E-state index contributed by atoms with van der Waals surface area (Å²) in [6.45, 7) is 4.00. The Bertz CT molecular complexity index is 768. The van der Waals surface area contributed by atoms with Gasteiger partial charge in [-0.2, -0.15) is 0 Å². The van der Waals surface area contributed by atoms with Crippen LogP contribution < -0.4 is 16.0 Å². The van der Waals surface area contributed by atoms with E-state index in [1.807, 2.05) is 43.3 Å².